The summed E-state index contributed by atoms with van der Waals surface area (Å²) in [6.07, 6.45) is 0. The zero-order valence-electron chi connectivity index (χ0n) is 11.4. The molecule has 1 heterocycles. The fourth-order valence-electron chi connectivity index (χ4n) is 2.10. The smallest absolute Gasteiger partial charge is 0.379 e. The molecule has 1 aliphatic heterocycles. The van der Waals surface area contributed by atoms with E-state index in [1.165, 1.54) is 7.11 Å². The van der Waals surface area contributed by atoms with Crippen molar-refractivity contribution in [2.75, 3.05) is 7.11 Å². The second-order valence-electron chi connectivity index (χ2n) is 4.44. The molecule has 0 fully saturated rings. The number of esters is 1. The zero-order chi connectivity index (χ0) is 15.6. The van der Waals surface area contributed by atoms with E-state index in [2.05, 4.69) is 31.3 Å². The summed E-state index contributed by atoms with van der Waals surface area (Å²) in [6, 6.07) is 6.94. The monoisotopic (exact) mass is 368 g/mol. The summed E-state index contributed by atoms with van der Waals surface area (Å²) >= 11 is 8.49. The number of rotatable bonds is 3. The first-order valence-corrected chi connectivity index (χ1v) is 7.30. The second-order valence-corrected chi connectivity index (χ2v) is 5.77. The molecule has 2 rings (SSSR count). The van der Waals surface area contributed by atoms with Gasteiger partial charge in [0.15, 0.2) is 5.11 Å². The summed E-state index contributed by atoms with van der Waals surface area (Å²) in [5.74, 6) is -1.59. The highest BCUT2D eigenvalue weighted by Gasteiger charge is 2.33. The van der Waals surface area contributed by atoms with Crippen molar-refractivity contribution in [3.8, 4) is 0 Å². The predicted octanol–water partition coefficient (Wildman–Crippen LogP) is 1.98. The number of carbonyl (C=O) groups is 2. The van der Waals surface area contributed by atoms with Crippen LogP contribution in [-0.4, -0.2) is 24.0 Å². The molecule has 0 radical (unpaired) electrons. The molecule has 21 heavy (non-hydrogen) atoms. The van der Waals surface area contributed by atoms with Crippen LogP contribution < -0.4 is 10.6 Å². The Bertz CT molecular complexity index is 640. The van der Waals surface area contributed by atoms with Crippen molar-refractivity contribution in [1.82, 2.24) is 10.6 Å². The average molecular weight is 369 g/mol. The summed E-state index contributed by atoms with van der Waals surface area (Å²) in [7, 11) is 1.18. The Morgan fingerprint density at radius 3 is 2.48 bits per heavy atom. The Kier molecular flexibility index (Phi) is 4.74. The van der Waals surface area contributed by atoms with E-state index < -0.39 is 17.8 Å². The molecule has 7 heteroatoms. The molecule has 0 saturated carbocycles. The van der Waals surface area contributed by atoms with Crippen LogP contribution in [0.2, 0.25) is 0 Å². The standard InChI is InChI=1S/C14H13BrN2O3S/c1-7-10(12(18)13(19)20-2)11(17-14(21)16-7)8-3-5-9(15)6-4-8/h3-6,11H,1-2H3,(H2,16,17,21)/t11-/m0/s1. The third-order valence-corrected chi connectivity index (χ3v) is 3.84. The van der Waals surface area contributed by atoms with Crippen LogP contribution in [-0.2, 0) is 14.3 Å². The van der Waals surface area contributed by atoms with Gasteiger partial charge >= 0.3 is 5.97 Å². The molecule has 0 aromatic heterocycles. The molecular weight excluding hydrogens is 356 g/mol. The molecule has 1 aromatic rings. The topological polar surface area (TPSA) is 67.4 Å². The molecule has 1 aliphatic rings. The maximum absolute atomic E-state index is 12.2. The van der Waals surface area contributed by atoms with Crippen molar-refractivity contribution in [2.24, 2.45) is 0 Å². The lowest BCUT2D eigenvalue weighted by molar-refractivity contribution is -0.150. The number of halogens is 1. The number of hydrogen-bond donors (Lipinski definition) is 2. The first-order chi connectivity index (χ1) is 9.93. The molecule has 0 unspecified atom stereocenters. The van der Waals surface area contributed by atoms with Crippen molar-refractivity contribution in [3.05, 3.63) is 45.6 Å². The Hall–Kier alpha value is -1.73. The highest BCUT2D eigenvalue weighted by atomic mass is 79.9. The fraction of sp³-hybridized carbons (Fsp3) is 0.214. The number of Topliss-reactive ketones (excluding diaryl/α,β-unsaturated/α-hetero) is 1. The normalized spacial score (nSPS) is 17.9. The van der Waals surface area contributed by atoms with E-state index in [4.69, 9.17) is 12.2 Å². The van der Waals surface area contributed by atoms with Gasteiger partial charge in [-0.05, 0) is 36.8 Å². The van der Waals surface area contributed by atoms with Crippen LogP contribution >= 0.6 is 28.1 Å². The summed E-state index contributed by atoms with van der Waals surface area (Å²) in [4.78, 5) is 23.8. The van der Waals surface area contributed by atoms with Gasteiger partial charge in [0.1, 0.15) is 0 Å². The van der Waals surface area contributed by atoms with Gasteiger partial charge in [0, 0.05) is 10.2 Å². The van der Waals surface area contributed by atoms with Gasteiger partial charge in [-0.25, -0.2) is 4.79 Å². The number of nitrogens with one attached hydrogen (secondary N) is 2. The van der Waals surface area contributed by atoms with Gasteiger partial charge in [0.05, 0.1) is 18.7 Å². The predicted molar refractivity (Wildman–Crippen MR) is 85.5 cm³/mol. The Morgan fingerprint density at radius 1 is 1.29 bits per heavy atom. The second kappa shape index (κ2) is 6.36. The number of thiocarbonyl (C=S) groups is 1. The first-order valence-electron chi connectivity index (χ1n) is 6.10. The molecular formula is C14H13BrN2O3S. The lowest BCUT2D eigenvalue weighted by atomic mass is 9.92. The molecule has 0 bridgehead atoms. The van der Waals surface area contributed by atoms with Crippen molar-refractivity contribution < 1.29 is 14.3 Å². The number of allylic oxidation sites excluding steroid dienone is 1. The average Bonchev–Trinajstić information content (AvgIpc) is 2.45. The third-order valence-electron chi connectivity index (χ3n) is 3.09. The van der Waals surface area contributed by atoms with Gasteiger partial charge in [-0.2, -0.15) is 0 Å². The van der Waals surface area contributed by atoms with Crippen molar-refractivity contribution in [3.63, 3.8) is 0 Å². The minimum absolute atomic E-state index is 0.303. The molecule has 0 aliphatic carbocycles. The van der Waals surface area contributed by atoms with Crippen LogP contribution in [0.25, 0.3) is 0 Å². The van der Waals surface area contributed by atoms with E-state index in [0.717, 1.165) is 10.0 Å². The lowest BCUT2D eigenvalue weighted by Gasteiger charge is -2.29. The van der Waals surface area contributed by atoms with Gasteiger partial charge in [0.25, 0.3) is 5.78 Å². The molecule has 110 valence electrons. The SMILES string of the molecule is COC(=O)C(=O)C1=C(C)NC(=S)N[C@H]1c1ccc(Br)cc1. The van der Waals surface area contributed by atoms with Crippen LogP contribution in [0.1, 0.15) is 18.5 Å². The largest absolute Gasteiger partial charge is 0.463 e. The highest BCUT2D eigenvalue weighted by Crippen LogP contribution is 2.28. The van der Waals surface area contributed by atoms with Crippen LogP contribution in [0.15, 0.2) is 40.0 Å². The van der Waals surface area contributed by atoms with Crippen molar-refractivity contribution in [1.29, 1.82) is 0 Å². The quantitative estimate of drug-likeness (QED) is 0.483. The Balaban J connectivity index is 2.47. The number of hydrogen-bond acceptors (Lipinski definition) is 4. The van der Waals surface area contributed by atoms with Crippen molar-refractivity contribution in [2.45, 2.75) is 13.0 Å². The van der Waals surface area contributed by atoms with Gasteiger partial charge < -0.3 is 15.4 Å². The first kappa shape index (κ1) is 15.7. The maximum atomic E-state index is 12.2. The van der Waals surface area contributed by atoms with Gasteiger partial charge in [-0.1, -0.05) is 28.1 Å². The fourth-order valence-corrected chi connectivity index (χ4v) is 2.64. The summed E-state index contributed by atoms with van der Waals surface area (Å²) in [6.45, 7) is 1.70. The van der Waals surface area contributed by atoms with Crippen molar-refractivity contribution >= 4 is 45.0 Å². The van der Waals surface area contributed by atoms with Crippen LogP contribution in [0.3, 0.4) is 0 Å². The van der Waals surface area contributed by atoms with E-state index in [1.54, 1.807) is 6.92 Å². The molecule has 5 nitrogen and oxygen atoms in total. The highest BCUT2D eigenvalue weighted by molar-refractivity contribution is 9.10. The van der Waals surface area contributed by atoms with E-state index >= 15 is 0 Å². The number of benzene rings is 1. The maximum Gasteiger partial charge on any atom is 0.379 e. The summed E-state index contributed by atoms with van der Waals surface area (Å²) in [5.41, 5.74) is 1.67. The summed E-state index contributed by atoms with van der Waals surface area (Å²) in [5, 5.41) is 6.28. The molecule has 2 N–H and O–H groups in total. The number of methoxy groups -OCH3 is 1. The van der Waals surface area contributed by atoms with E-state index in [0.29, 0.717) is 16.4 Å². The number of ether oxygens (including phenoxy) is 1. The van der Waals surface area contributed by atoms with E-state index in [9.17, 15) is 9.59 Å². The minimum atomic E-state index is -0.900. The molecule has 0 saturated heterocycles. The zero-order valence-corrected chi connectivity index (χ0v) is 13.8. The Morgan fingerprint density at radius 2 is 1.90 bits per heavy atom. The number of ketones is 1. The Labute approximate surface area is 135 Å². The van der Waals surface area contributed by atoms with Gasteiger partial charge in [-0.3, -0.25) is 4.79 Å². The van der Waals surface area contributed by atoms with Crippen LogP contribution in [0, 0.1) is 0 Å². The van der Waals surface area contributed by atoms with Crippen LogP contribution in [0.5, 0.6) is 0 Å². The van der Waals surface area contributed by atoms with Gasteiger partial charge in [-0.15, -0.1) is 0 Å². The molecule has 1 aromatic carbocycles. The molecule has 0 spiro atoms. The van der Waals surface area contributed by atoms with E-state index in [1.807, 2.05) is 24.3 Å². The minimum Gasteiger partial charge on any atom is -0.463 e. The van der Waals surface area contributed by atoms with Crippen LogP contribution in [0.4, 0.5) is 0 Å². The molecule has 1 atom stereocenters. The lowest BCUT2D eigenvalue weighted by Crippen LogP contribution is -2.45. The van der Waals surface area contributed by atoms with Gasteiger partial charge in [0.2, 0.25) is 0 Å². The summed E-state index contributed by atoms with van der Waals surface area (Å²) < 4.78 is 5.45. The van der Waals surface area contributed by atoms with E-state index in [-0.39, 0.29) is 0 Å². The third kappa shape index (κ3) is 3.30. The molecule has 0 amide bonds. The number of carbonyl (C=O) groups excluding carboxylic acids is 2.